The fourth-order valence-electron chi connectivity index (χ4n) is 1.58. The third-order valence-corrected chi connectivity index (χ3v) is 2.46. The number of imidazole rings is 1. The van der Waals surface area contributed by atoms with E-state index in [2.05, 4.69) is 4.98 Å². The van der Waals surface area contributed by atoms with Crippen LogP contribution in [0.15, 0.2) is 30.6 Å². The quantitative estimate of drug-likeness (QED) is 0.869. The first-order valence-electron chi connectivity index (χ1n) is 5.04. The van der Waals surface area contributed by atoms with E-state index < -0.39 is 0 Å². The average Bonchev–Trinajstić information content (AvgIpc) is 2.79. The Bertz CT molecular complexity index is 571. The summed E-state index contributed by atoms with van der Waals surface area (Å²) in [7, 11) is 0. The summed E-state index contributed by atoms with van der Waals surface area (Å²) in [5.74, 6) is 0.0911. The van der Waals surface area contributed by atoms with Crippen LogP contribution in [0.25, 0.3) is 0 Å². The van der Waals surface area contributed by atoms with E-state index in [0.717, 1.165) is 0 Å². The average molecular weight is 231 g/mol. The topological polar surface area (TPSA) is 61.8 Å². The summed E-state index contributed by atoms with van der Waals surface area (Å²) in [5, 5.41) is 17.8. The minimum absolute atomic E-state index is 0.202. The third kappa shape index (κ3) is 2.32. The van der Waals surface area contributed by atoms with Crippen LogP contribution in [-0.2, 0) is 13.2 Å². The minimum atomic E-state index is -0.374. The maximum atomic E-state index is 13.5. The molecule has 0 aliphatic rings. The molecule has 1 heterocycles. The highest BCUT2D eigenvalue weighted by Crippen LogP contribution is 2.12. The Balaban J connectivity index is 2.33. The van der Waals surface area contributed by atoms with Crippen LogP contribution < -0.4 is 0 Å². The van der Waals surface area contributed by atoms with Crippen LogP contribution in [0.3, 0.4) is 0 Å². The number of halogens is 1. The molecule has 86 valence electrons. The molecule has 0 aliphatic carbocycles. The number of aliphatic hydroxyl groups is 1. The molecular weight excluding hydrogens is 221 g/mol. The Labute approximate surface area is 97.6 Å². The van der Waals surface area contributed by atoms with E-state index in [4.69, 9.17) is 10.4 Å². The highest BCUT2D eigenvalue weighted by molar-refractivity contribution is 5.34. The second-order valence-electron chi connectivity index (χ2n) is 3.55. The molecule has 1 aromatic heterocycles. The third-order valence-electron chi connectivity index (χ3n) is 2.46. The lowest BCUT2D eigenvalue weighted by atomic mass is 10.1. The first-order valence-corrected chi connectivity index (χ1v) is 5.04. The maximum Gasteiger partial charge on any atom is 0.134 e. The number of aromatic nitrogens is 2. The molecule has 17 heavy (non-hydrogen) atoms. The molecule has 0 aliphatic heterocycles. The Morgan fingerprint density at radius 1 is 1.47 bits per heavy atom. The van der Waals surface area contributed by atoms with Crippen molar-refractivity contribution in [1.29, 1.82) is 5.26 Å². The summed E-state index contributed by atoms with van der Waals surface area (Å²) < 4.78 is 15.2. The zero-order valence-corrected chi connectivity index (χ0v) is 8.97. The number of aliphatic hydroxyl groups excluding tert-OH is 1. The van der Waals surface area contributed by atoms with E-state index in [1.807, 2.05) is 6.07 Å². The Morgan fingerprint density at radius 2 is 2.29 bits per heavy atom. The predicted octanol–water partition coefficient (Wildman–Crippen LogP) is 1.43. The summed E-state index contributed by atoms with van der Waals surface area (Å²) >= 11 is 0. The molecule has 0 saturated carbocycles. The van der Waals surface area contributed by atoms with Gasteiger partial charge < -0.3 is 9.67 Å². The van der Waals surface area contributed by atoms with Crippen molar-refractivity contribution in [2.45, 2.75) is 13.2 Å². The summed E-state index contributed by atoms with van der Waals surface area (Å²) in [6, 6.07) is 6.16. The lowest BCUT2D eigenvalue weighted by Gasteiger charge is -2.07. The van der Waals surface area contributed by atoms with Crippen molar-refractivity contribution in [3.63, 3.8) is 0 Å². The molecule has 1 aromatic carbocycles. The van der Waals surface area contributed by atoms with Crippen LogP contribution in [0.5, 0.6) is 0 Å². The van der Waals surface area contributed by atoms with Crippen LogP contribution in [0.1, 0.15) is 17.0 Å². The number of nitrogens with zero attached hydrogens (tertiary/aromatic N) is 3. The highest BCUT2D eigenvalue weighted by atomic mass is 19.1. The Morgan fingerprint density at radius 3 is 3.00 bits per heavy atom. The van der Waals surface area contributed by atoms with E-state index in [0.29, 0.717) is 17.0 Å². The van der Waals surface area contributed by atoms with Gasteiger partial charge >= 0.3 is 0 Å². The standard InChI is InChI=1S/C12H10FN3O/c13-11-2-1-9(6-14)5-10(11)7-16-4-3-15-12(16)8-17/h1-5,17H,7-8H2. The van der Waals surface area contributed by atoms with Gasteiger partial charge in [-0.3, -0.25) is 0 Å². The van der Waals surface area contributed by atoms with Crippen molar-refractivity contribution in [1.82, 2.24) is 9.55 Å². The molecule has 4 nitrogen and oxygen atoms in total. The molecule has 0 radical (unpaired) electrons. The largest absolute Gasteiger partial charge is 0.388 e. The Kier molecular flexibility index (Phi) is 3.17. The van der Waals surface area contributed by atoms with Crippen LogP contribution in [-0.4, -0.2) is 14.7 Å². The van der Waals surface area contributed by atoms with Gasteiger partial charge in [0.25, 0.3) is 0 Å². The summed E-state index contributed by atoms with van der Waals surface area (Å²) in [4.78, 5) is 3.93. The summed E-state index contributed by atoms with van der Waals surface area (Å²) in [5.41, 5.74) is 0.809. The normalized spacial score (nSPS) is 10.2. The molecule has 5 heteroatoms. The van der Waals surface area contributed by atoms with Crippen LogP contribution in [0.2, 0.25) is 0 Å². The molecule has 0 fully saturated rings. The fraction of sp³-hybridized carbons (Fsp3) is 0.167. The van der Waals surface area contributed by atoms with E-state index >= 15 is 0 Å². The summed E-state index contributed by atoms with van der Waals surface area (Å²) in [6.07, 6.45) is 3.20. The van der Waals surface area contributed by atoms with E-state index in [1.54, 1.807) is 10.8 Å². The molecule has 0 atom stereocenters. The number of benzene rings is 1. The van der Waals surface area contributed by atoms with Crippen LogP contribution >= 0.6 is 0 Å². The monoisotopic (exact) mass is 231 g/mol. The van der Waals surface area contributed by atoms with Crippen molar-refractivity contribution in [3.8, 4) is 6.07 Å². The van der Waals surface area contributed by atoms with Crippen molar-refractivity contribution in [3.05, 3.63) is 53.4 Å². The van der Waals surface area contributed by atoms with Gasteiger partial charge in [-0.15, -0.1) is 0 Å². The fourth-order valence-corrected chi connectivity index (χ4v) is 1.58. The van der Waals surface area contributed by atoms with E-state index in [9.17, 15) is 4.39 Å². The van der Waals surface area contributed by atoms with Gasteiger partial charge in [0.2, 0.25) is 0 Å². The second-order valence-corrected chi connectivity index (χ2v) is 3.55. The van der Waals surface area contributed by atoms with Crippen molar-refractivity contribution >= 4 is 0 Å². The second kappa shape index (κ2) is 4.76. The van der Waals surface area contributed by atoms with Crippen LogP contribution in [0, 0.1) is 17.1 Å². The van der Waals surface area contributed by atoms with Crippen molar-refractivity contribution in [2.75, 3.05) is 0 Å². The molecule has 0 saturated heterocycles. The van der Waals surface area contributed by atoms with E-state index in [-0.39, 0.29) is 19.0 Å². The zero-order chi connectivity index (χ0) is 12.3. The molecule has 2 rings (SSSR count). The lowest BCUT2D eigenvalue weighted by Crippen LogP contribution is -2.06. The van der Waals surface area contributed by atoms with Gasteiger partial charge in [-0.05, 0) is 18.2 Å². The lowest BCUT2D eigenvalue weighted by molar-refractivity contribution is 0.266. The predicted molar refractivity (Wildman–Crippen MR) is 58.4 cm³/mol. The SMILES string of the molecule is N#Cc1ccc(F)c(Cn2ccnc2CO)c1. The first kappa shape index (κ1) is 11.3. The molecule has 0 amide bonds. The van der Waals surface area contributed by atoms with Gasteiger partial charge in [0, 0.05) is 18.0 Å². The molecule has 0 bridgehead atoms. The first-order chi connectivity index (χ1) is 8.24. The van der Waals surface area contributed by atoms with Gasteiger partial charge in [-0.25, -0.2) is 9.37 Å². The molecular formula is C12H10FN3O. The van der Waals surface area contributed by atoms with Crippen molar-refractivity contribution in [2.24, 2.45) is 0 Å². The zero-order valence-electron chi connectivity index (χ0n) is 8.97. The minimum Gasteiger partial charge on any atom is -0.388 e. The van der Waals surface area contributed by atoms with Gasteiger partial charge in [-0.2, -0.15) is 5.26 Å². The van der Waals surface area contributed by atoms with Gasteiger partial charge in [0.05, 0.1) is 18.2 Å². The highest BCUT2D eigenvalue weighted by Gasteiger charge is 2.07. The maximum absolute atomic E-state index is 13.5. The molecule has 2 aromatic rings. The molecule has 0 unspecified atom stereocenters. The van der Waals surface area contributed by atoms with Gasteiger partial charge in [-0.1, -0.05) is 0 Å². The Hall–Kier alpha value is -2.19. The number of hydrogen-bond donors (Lipinski definition) is 1. The smallest absolute Gasteiger partial charge is 0.134 e. The molecule has 0 spiro atoms. The number of nitriles is 1. The van der Waals surface area contributed by atoms with Gasteiger partial charge in [0.15, 0.2) is 0 Å². The van der Waals surface area contributed by atoms with Crippen molar-refractivity contribution < 1.29 is 9.50 Å². The number of rotatable bonds is 3. The summed E-state index contributed by atoms with van der Waals surface area (Å²) in [6.45, 7) is 0.0454. The number of hydrogen-bond acceptors (Lipinski definition) is 3. The van der Waals surface area contributed by atoms with E-state index in [1.165, 1.54) is 24.4 Å². The molecule has 1 N–H and O–H groups in total. The van der Waals surface area contributed by atoms with Crippen LogP contribution in [0.4, 0.5) is 4.39 Å². The van der Waals surface area contributed by atoms with Gasteiger partial charge in [0.1, 0.15) is 18.2 Å².